The molecule has 0 spiro atoms. The number of nitrogens with zero attached hydrogens (tertiary/aromatic N) is 5. The van der Waals surface area contributed by atoms with Crippen molar-refractivity contribution in [1.29, 1.82) is 0 Å². The molecule has 4 amide bonds. The van der Waals surface area contributed by atoms with Gasteiger partial charge in [0, 0.05) is 60.5 Å². The number of hydrogen-bond acceptors (Lipinski definition) is 12. The van der Waals surface area contributed by atoms with Crippen LogP contribution in [0.15, 0.2) is 69.5 Å². The zero-order chi connectivity index (χ0) is 42.3. The lowest BCUT2D eigenvalue weighted by Gasteiger charge is -2.44. The van der Waals surface area contributed by atoms with Gasteiger partial charge in [0.1, 0.15) is 11.9 Å². The molecule has 2 unspecified atom stereocenters. The van der Waals surface area contributed by atoms with Crippen molar-refractivity contribution >= 4 is 68.2 Å². The maximum atomic E-state index is 15.5. The van der Waals surface area contributed by atoms with Crippen molar-refractivity contribution < 1.29 is 37.1 Å². The largest absolute Gasteiger partial charge is 0.394 e. The minimum absolute atomic E-state index is 0.0729. The van der Waals surface area contributed by atoms with Crippen molar-refractivity contribution in [1.82, 2.24) is 14.5 Å². The van der Waals surface area contributed by atoms with E-state index in [-0.39, 0.29) is 54.7 Å². The summed E-state index contributed by atoms with van der Waals surface area (Å²) in [6.45, 7) is 2.59. The number of aliphatic hydroxyl groups is 1. The first-order valence-corrected chi connectivity index (χ1v) is 22.9. The predicted octanol–water partition coefficient (Wildman–Crippen LogP) is 5.38. The Morgan fingerprint density at radius 2 is 1.77 bits per heavy atom. The van der Waals surface area contributed by atoms with Crippen LogP contribution in [0.1, 0.15) is 90.6 Å². The molecule has 5 atom stereocenters. The second-order valence-corrected chi connectivity index (χ2v) is 18.9. The maximum absolute atomic E-state index is 15.5. The number of halogens is 1. The molecule has 3 aromatic rings. The van der Waals surface area contributed by atoms with Crippen molar-refractivity contribution in [2.24, 2.45) is 15.9 Å². The van der Waals surface area contributed by atoms with E-state index in [4.69, 9.17) is 0 Å². The number of carbonyl (C=O) groups excluding carboxylic acids is 4. The van der Waals surface area contributed by atoms with E-state index in [2.05, 4.69) is 20.6 Å². The van der Waals surface area contributed by atoms with E-state index in [9.17, 15) is 32.7 Å². The summed E-state index contributed by atoms with van der Waals surface area (Å²) in [4.78, 5) is 62.6. The monoisotopic (exact) mass is 857 g/mol. The van der Waals surface area contributed by atoms with Crippen LogP contribution in [0.4, 0.5) is 15.8 Å². The van der Waals surface area contributed by atoms with Crippen LogP contribution < -0.4 is 15.5 Å². The van der Waals surface area contributed by atoms with Crippen LogP contribution in [0.5, 0.6) is 0 Å². The first-order chi connectivity index (χ1) is 28.9. The third-order valence-corrected chi connectivity index (χ3v) is 15.0. The number of likely N-dealkylation sites (N-methyl/N-ethyl adjacent to an activating group) is 1. The van der Waals surface area contributed by atoms with Crippen LogP contribution in [0, 0.1) is 11.7 Å². The standard InChI is InChI=1S/C43H48FN7O7S2/c1-25-23-46-43(47-25)60(57,58)50-19-17-28-35(24-52)49(2)33-14-11-26(21-31(33)39(28)50)30-22-27(12-13-32(30)44)45-18-6-4-3-5-7-20-59-36-10-8-9-29-38(36)42(56)51(41(29)55)34-15-16-37(53)48-40(34)54/h8-14,21-23,25,28,34-35,39,45,52H,3-7,15-20,24H2,1-2H3,(H,48,53,54)/t25?,28-,34?,35-,39-/m1/s1. The molecule has 5 heterocycles. The van der Waals surface area contributed by atoms with E-state index in [0.717, 1.165) is 59.7 Å². The summed E-state index contributed by atoms with van der Waals surface area (Å²) < 4.78 is 44.7. The number of aliphatic imine (C=N–C) groups is 2. The highest BCUT2D eigenvalue weighted by Crippen LogP contribution is 2.51. The van der Waals surface area contributed by atoms with Gasteiger partial charge in [0.15, 0.2) is 0 Å². The molecule has 3 N–H and O–H groups in total. The number of anilines is 2. The summed E-state index contributed by atoms with van der Waals surface area (Å²) in [7, 11) is -2.12. The fourth-order valence-corrected chi connectivity index (χ4v) is 11.8. The van der Waals surface area contributed by atoms with Gasteiger partial charge in [-0.3, -0.25) is 29.4 Å². The van der Waals surface area contributed by atoms with Crippen LogP contribution in [-0.2, 0) is 19.6 Å². The second kappa shape index (κ2) is 17.2. The maximum Gasteiger partial charge on any atom is 0.278 e. The number of imide groups is 2. The molecular weight excluding hydrogens is 810 g/mol. The lowest BCUT2D eigenvalue weighted by atomic mass is 9.81. The van der Waals surface area contributed by atoms with E-state index < -0.39 is 51.6 Å². The highest BCUT2D eigenvalue weighted by atomic mass is 32.2. The number of aliphatic hydroxyl groups excluding tert-OH is 1. The average molecular weight is 858 g/mol. The van der Waals surface area contributed by atoms with Crippen molar-refractivity contribution in [2.45, 2.75) is 87.4 Å². The van der Waals surface area contributed by atoms with E-state index in [1.165, 1.54) is 28.3 Å². The lowest BCUT2D eigenvalue weighted by molar-refractivity contribution is -0.136. The number of rotatable bonds is 14. The van der Waals surface area contributed by atoms with Gasteiger partial charge < -0.3 is 15.3 Å². The predicted molar refractivity (Wildman–Crippen MR) is 228 cm³/mol. The Morgan fingerprint density at radius 3 is 2.53 bits per heavy atom. The number of piperidine rings is 1. The summed E-state index contributed by atoms with van der Waals surface area (Å²) in [5.74, 6) is -1.86. The van der Waals surface area contributed by atoms with Crippen LogP contribution in [0.2, 0.25) is 0 Å². The Balaban J connectivity index is 0.847. The van der Waals surface area contributed by atoms with E-state index >= 15 is 4.39 Å². The Hall–Kier alpha value is -4.97. The SMILES string of the molecule is CC1C=NC(S(=O)(=O)N2CC[C@@H]3[C@@H](CO)N(C)c4ccc(-c5cc(NCCCCCCCSc6cccc7c6C(=O)N(C6CCC(=O)NC6=O)C7=O)ccc5F)cc4[C@@H]32)=N1. The number of carbonyl (C=O) groups is 4. The van der Waals surface area contributed by atoms with Crippen LogP contribution in [0.25, 0.3) is 11.1 Å². The fourth-order valence-electron chi connectivity index (χ4n) is 9.13. The molecular formula is C43H48FN7O7S2. The van der Waals surface area contributed by atoms with Crippen LogP contribution in [-0.4, -0.2) is 108 Å². The first kappa shape index (κ1) is 41.8. The van der Waals surface area contributed by atoms with Crippen molar-refractivity contribution in [2.75, 3.05) is 42.7 Å². The van der Waals surface area contributed by atoms with Gasteiger partial charge in [0.25, 0.3) is 27.0 Å². The number of nitrogens with one attached hydrogen (secondary N) is 2. The molecule has 3 aromatic carbocycles. The summed E-state index contributed by atoms with van der Waals surface area (Å²) in [6, 6.07) is 13.5. The Bertz CT molecular complexity index is 2410. The van der Waals surface area contributed by atoms with Gasteiger partial charge in [0.2, 0.25) is 11.8 Å². The molecule has 17 heteroatoms. The lowest BCUT2D eigenvalue weighted by Crippen LogP contribution is -2.54. The summed E-state index contributed by atoms with van der Waals surface area (Å²) >= 11 is 1.52. The number of benzene rings is 3. The van der Waals surface area contributed by atoms with E-state index in [1.54, 1.807) is 31.2 Å². The fraction of sp³-hybridized carbons (Fsp3) is 0.442. The highest BCUT2D eigenvalue weighted by Gasteiger charge is 2.51. The minimum Gasteiger partial charge on any atom is -0.394 e. The van der Waals surface area contributed by atoms with Gasteiger partial charge in [-0.05, 0) is 92.0 Å². The third-order valence-electron chi connectivity index (χ3n) is 12.2. The molecule has 0 radical (unpaired) electrons. The Morgan fingerprint density at radius 1 is 0.967 bits per heavy atom. The molecule has 316 valence electrons. The van der Waals surface area contributed by atoms with Crippen LogP contribution in [0.3, 0.4) is 0 Å². The summed E-state index contributed by atoms with van der Waals surface area (Å²) in [5.41, 5.74) is 3.94. The molecule has 8 rings (SSSR count). The van der Waals surface area contributed by atoms with Crippen molar-refractivity contribution in [3.8, 4) is 11.1 Å². The Labute approximate surface area is 352 Å². The molecule has 0 aliphatic carbocycles. The first-order valence-electron chi connectivity index (χ1n) is 20.5. The van der Waals surface area contributed by atoms with Crippen LogP contribution >= 0.6 is 11.8 Å². The normalized spacial score (nSPS) is 23.8. The molecule has 2 saturated heterocycles. The molecule has 5 aliphatic heterocycles. The van der Waals surface area contributed by atoms with Gasteiger partial charge in [-0.2, -0.15) is 4.31 Å². The molecule has 0 bridgehead atoms. The molecule has 14 nitrogen and oxygen atoms in total. The molecule has 0 aromatic heterocycles. The van der Waals surface area contributed by atoms with Gasteiger partial charge in [0.05, 0.1) is 35.9 Å². The molecule has 60 heavy (non-hydrogen) atoms. The zero-order valence-corrected chi connectivity index (χ0v) is 35.1. The number of unbranched alkanes of at least 4 members (excludes halogenated alkanes) is 4. The second-order valence-electron chi connectivity index (χ2n) is 15.9. The number of amidine groups is 1. The Kier molecular flexibility index (Phi) is 12.0. The van der Waals surface area contributed by atoms with Gasteiger partial charge in [-0.1, -0.05) is 31.4 Å². The average Bonchev–Trinajstić information content (AvgIpc) is 3.95. The number of amides is 4. The summed E-state index contributed by atoms with van der Waals surface area (Å²) in [6.07, 6.45) is 7.02. The van der Waals surface area contributed by atoms with Crippen molar-refractivity contribution in [3.05, 3.63) is 77.1 Å². The van der Waals surface area contributed by atoms with E-state index in [0.29, 0.717) is 34.6 Å². The van der Waals surface area contributed by atoms with Crippen molar-refractivity contribution in [3.63, 3.8) is 0 Å². The third kappa shape index (κ3) is 7.76. The summed E-state index contributed by atoms with van der Waals surface area (Å²) in [5, 5.41) is 15.9. The van der Waals surface area contributed by atoms with E-state index in [1.807, 2.05) is 36.2 Å². The quantitative estimate of drug-likeness (QED) is 0.108. The topological polar surface area (TPSA) is 181 Å². The minimum atomic E-state index is -4.01. The molecule has 5 aliphatic rings. The molecule has 2 fully saturated rings. The molecule has 0 saturated carbocycles. The smallest absolute Gasteiger partial charge is 0.278 e. The number of fused-ring (bicyclic) bond motifs is 4. The zero-order valence-electron chi connectivity index (χ0n) is 33.5. The van der Waals surface area contributed by atoms with Gasteiger partial charge >= 0.3 is 0 Å². The van der Waals surface area contributed by atoms with Gasteiger partial charge in [-0.15, -0.1) is 11.8 Å². The number of sulfonamides is 1. The number of hydrogen-bond donors (Lipinski definition) is 3. The van der Waals surface area contributed by atoms with Gasteiger partial charge in [-0.25, -0.2) is 22.8 Å². The highest BCUT2D eigenvalue weighted by molar-refractivity contribution is 8.04. The number of thioether (sulfide) groups is 1.